The van der Waals surface area contributed by atoms with E-state index in [0.29, 0.717) is 41.7 Å². The van der Waals surface area contributed by atoms with Gasteiger partial charge >= 0.3 is 0 Å². The zero-order valence-electron chi connectivity index (χ0n) is 19.9. The summed E-state index contributed by atoms with van der Waals surface area (Å²) in [5, 5.41) is 3.15. The number of fused-ring (bicyclic) bond motifs is 1. The number of methoxy groups -OCH3 is 1. The Morgan fingerprint density at radius 2 is 1.81 bits per heavy atom. The number of likely N-dealkylation sites (tertiary alicyclic amines) is 1. The molecule has 9 nitrogen and oxygen atoms in total. The van der Waals surface area contributed by atoms with Crippen LogP contribution in [0.25, 0.3) is 16.9 Å². The Morgan fingerprint density at radius 3 is 2.44 bits per heavy atom. The molecule has 0 unspecified atom stereocenters. The van der Waals surface area contributed by atoms with Crippen LogP contribution >= 0.6 is 0 Å². The molecule has 2 amide bonds. The molecule has 1 fully saturated rings. The molecule has 0 bridgehead atoms. The molecule has 1 aliphatic heterocycles. The van der Waals surface area contributed by atoms with Gasteiger partial charge in [-0.15, -0.1) is 0 Å². The molecule has 0 radical (unpaired) electrons. The summed E-state index contributed by atoms with van der Waals surface area (Å²) in [6.45, 7) is 4.87. The van der Waals surface area contributed by atoms with Crippen LogP contribution in [-0.4, -0.2) is 51.5 Å². The number of hydrogen-bond acceptors (Lipinski definition) is 5. The summed E-state index contributed by atoms with van der Waals surface area (Å²) < 4.78 is 13.0. The van der Waals surface area contributed by atoms with Gasteiger partial charge in [-0.1, -0.05) is 18.7 Å². The van der Waals surface area contributed by atoms with Crippen LogP contribution in [-0.2, 0) is 4.79 Å². The molecule has 36 heavy (non-hydrogen) atoms. The SMILES string of the molecule is C=CC(=O)N1CCC(c2c[nH]n3c(C(N)=O)c(-c4ccc(Oc5ccccc5OC)cc4)nc23)CC1. The first kappa shape index (κ1) is 23.2. The summed E-state index contributed by atoms with van der Waals surface area (Å²) in [5.41, 5.74) is 8.97. The number of nitrogens with two attached hydrogens (primary N) is 1. The summed E-state index contributed by atoms with van der Waals surface area (Å²) in [4.78, 5) is 31.0. The van der Waals surface area contributed by atoms with Gasteiger partial charge in [0, 0.05) is 30.4 Å². The van der Waals surface area contributed by atoms with Crippen molar-refractivity contribution in [2.24, 2.45) is 5.73 Å². The van der Waals surface area contributed by atoms with Crippen LogP contribution < -0.4 is 15.2 Å². The number of nitrogens with one attached hydrogen (secondary N) is 1. The Balaban J connectivity index is 1.43. The number of nitrogens with zero attached hydrogens (tertiary/aromatic N) is 3. The van der Waals surface area contributed by atoms with Crippen molar-refractivity contribution in [2.45, 2.75) is 18.8 Å². The highest BCUT2D eigenvalue weighted by Crippen LogP contribution is 2.35. The summed E-state index contributed by atoms with van der Waals surface area (Å²) in [7, 11) is 1.59. The number of hydrogen-bond donors (Lipinski definition) is 2. The lowest BCUT2D eigenvalue weighted by molar-refractivity contribution is -0.127. The normalized spacial score (nSPS) is 14.1. The summed E-state index contributed by atoms with van der Waals surface area (Å²) in [5.74, 6) is 1.44. The van der Waals surface area contributed by atoms with E-state index in [9.17, 15) is 9.59 Å². The molecule has 0 spiro atoms. The van der Waals surface area contributed by atoms with E-state index in [1.54, 1.807) is 16.5 Å². The van der Waals surface area contributed by atoms with Gasteiger partial charge in [-0.25, -0.2) is 9.50 Å². The largest absolute Gasteiger partial charge is 0.493 e. The first-order valence-corrected chi connectivity index (χ1v) is 11.7. The van der Waals surface area contributed by atoms with Crippen molar-refractivity contribution in [3.05, 3.63) is 78.6 Å². The van der Waals surface area contributed by atoms with Crippen LogP contribution in [0, 0.1) is 0 Å². The highest BCUT2D eigenvalue weighted by molar-refractivity contribution is 5.98. The molecule has 184 valence electrons. The van der Waals surface area contributed by atoms with Crippen LogP contribution in [0.15, 0.2) is 67.4 Å². The molecule has 1 saturated heterocycles. The van der Waals surface area contributed by atoms with Gasteiger partial charge in [0.15, 0.2) is 22.8 Å². The summed E-state index contributed by atoms with van der Waals surface area (Å²) in [6, 6.07) is 14.7. The Labute approximate surface area is 208 Å². The minimum Gasteiger partial charge on any atom is -0.493 e. The molecule has 3 N–H and O–H groups in total. The molecule has 5 rings (SSSR count). The number of aromatic nitrogens is 3. The smallest absolute Gasteiger partial charge is 0.269 e. The van der Waals surface area contributed by atoms with E-state index in [-0.39, 0.29) is 17.5 Å². The van der Waals surface area contributed by atoms with Gasteiger partial charge in [-0.2, -0.15) is 0 Å². The minimum atomic E-state index is -0.577. The molecule has 4 aromatic rings. The number of amides is 2. The number of carbonyl (C=O) groups excluding carboxylic acids is 2. The number of piperidine rings is 1. The van der Waals surface area contributed by atoms with Gasteiger partial charge in [0.1, 0.15) is 11.4 Å². The van der Waals surface area contributed by atoms with E-state index in [1.165, 1.54) is 6.08 Å². The van der Waals surface area contributed by atoms with Crippen molar-refractivity contribution in [1.29, 1.82) is 0 Å². The average Bonchev–Trinajstić information content (AvgIpc) is 3.48. The second-order valence-electron chi connectivity index (χ2n) is 8.64. The first-order chi connectivity index (χ1) is 17.5. The summed E-state index contributed by atoms with van der Waals surface area (Å²) >= 11 is 0. The number of carbonyl (C=O) groups is 2. The van der Waals surface area contributed by atoms with Gasteiger partial charge in [0.25, 0.3) is 5.91 Å². The van der Waals surface area contributed by atoms with Crippen molar-refractivity contribution >= 4 is 17.5 Å². The third-order valence-corrected chi connectivity index (χ3v) is 6.56. The zero-order chi connectivity index (χ0) is 25.2. The number of para-hydroxylation sites is 2. The Morgan fingerprint density at radius 1 is 1.11 bits per heavy atom. The van der Waals surface area contributed by atoms with Crippen LogP contribution in [0.3, 0.4) is 0 Å². The number of H-pyrrole nitrogens is 1. The molecule has 0 atom stereocenters. The third kappa shape index (κ3) is 4.19. The topological polar surface area (TPSA) is 115 Å². The van der Waals surface area contributed by atoms with E-state index >= 15 is 0 Å². The van der Waals surface area contributed by atoms with Crippen molar-refractivity contribution in [3.63, 3.8) is 0 Å². The lowest BCUT2D eigenvalue weighted by atomic mass is 9.91. The van der Waals surface area contributed by atoms with Gasteiger partial charge in [-0.3, -0.25) is 14.7 Å². The number of primary amides is 1. The molecule has 1 aliphatic rings. The second kappa shape index (κ2) is 9.61. The Kier molecular flexibility index (Phi) is 6.20. The lowest BCUT2D eigenvalue weighted by Crippen LogP contribution is -2.36. The van der Waals surface area contributed by atoms with E-state index < -0.39 is 5.91 Å². The van der Waals surface area contributed by atoms with Crippen LogP contribution in [0.1, 0.15) is 34.8 Å². The average molecular weight is 486 g/mol. The van der Waals surface area contributed by atoms with E-state index in [4.69, 9.17) is 20.2 Å². The second-order valence-corrected chi connectivity index (χ2v) is 8.64. The lowest BCUT2D eigenvalue weighted by Gasteiger charge is -2.30. The monoisotopic (exact) mass is 485 g/mol. The molecular formula is C27H27N5O4. The van der Waals surface area contributed by atoms with Crippen molar-refractivity contribution in [1.82, 2.24) is 19.5 Å². The van der Waals surface area contributed by atoms with E-state index in [1.807, 2.05) is 54.7 Å². The maximum absolute atomic E-state index is 12.4. The molecule has 0 saturated carbocycles. The molecule has 2 aromatic heterocycles. The molecule has 3 heterocycles. The molecular weight excluding hydrogens is 458 g/mol. The van der Waals surface area contributed by atoms with E-state index in [0.717, 1.165) is 24.0 Å². The highest BCUT2D eigenvalue weighted by atomic mass is 16.5. The fourth-order valence-electron chi connectivity index (χ4n) is 4.72. The highest BCUT2D eigenvalue weighted by Gasteiger charge is 2.28. The summed E-state index contributed by atoms with van der Waals surface area (Å²) in [6.07, 6.45) is 4.83. The molecule has 2 aromatic carbocycles. The number of ether oxygens (including phenoxy) is 2. The maximum Gasteiger partial charge on any atom is 0.269 e. The Bertz CT molecular complexity index is 1430. The van der Waals surface area contributed by atoms with Crippen molar-refractivity contribution in [2.75, 3.05) is 20.2 Å². The minimum absolute atomic E-state index is 0.0510. The van der Waals surface area contributed by atoms with Crippen LogP contribution in [0.2, 0.25) is 0 Å². The third-order valence-electron chi connectivity index (χ3n) is 6.56. The van der Waals surface area contributed by atoms with Crippen LogP contribution in [0.5, 0.6) is 17.2 Å². The van der Waals surface area contributed by atoms with Gasteiger partial charge in [0.05, 0.1) is 7.11 Å². The van der Waals surface area contributed by atoms with Crippen LogP contribution in [0.4, 0.5) is 0 Å². The zero-order valence-corrected chi connectivity index (χ0v) is 19.9. The first-order valence-electron chi connectivity index (χ1n) is 11.7. The van der Waals surface area contributed by atoms with Gasteiger partial charge in [-0.05, 0) is 61.2 Å². The number of benzene rings is 2. The Hall–Kier alpha value is -4.53. The fourth-order valence-corrected chi connectivity index (χ4v) is 4.72. The number of aromatic amines is 1. The van der Waals surface area contributed by atoms with Crippen molar-refractivity contribution in [3.8, 4) is 28.5 Å². The number of rotatable bonds is 7. The maximum atomic E-state index is 12.4. The predicted octanol–water partition coefficient (Wildman–Crippen LogP) is 4.12. The fraction of sp³-hybridized carbons (Fsp3) is 0.222. The van der Waals surface area contributed by atoms with Gasteiger partial charge < -0.3 is 20.1 Å². The van der Waals surface area contributed by atoms with Gasteiger partial charge in [0.2, 0.25) is 5.91 Å². The standard InChI is InChI=1S/C27H27N5O4/c1-3-23(33)31-14-12-17(13-15-31)20-16-29-32-25(26(28)34)24(30-27(20)32)18-8-10-19(11-9-18)36-22-7-5-4-6-21(22)35-2/h3-11,16-17,29H,1,12-15H2,2H3,(H2,28,34). The van der Waals surface area contributed by atoms with Crippen molar-refractivity contribution < 1.29 is 19.1 Å². The number of imidazole rings is 1. The predicted molar refractivity (Wildman–Crippen MR) is 135 cm³/mol. The molecule has 9 heteroatoms. The van der Waals surface area contributed by atoms with E-state index in [2.05, 4.69) is 11.7 Å². The molecule has 0 aliphatic carbocycles. The quantitative estimate of drug-likeness (QED) is 0.382.